The maximum atomic E-state index is 13.5. The van der Waals surface area contributed by atoms with E-state index in [0.29, 0.717) is 23.5 Å². The molecule has 2 rings (SSSR count). The van der Waals surface area contributed by atoms with E-state index < -0.39 is 0 Å². The fourth-order valence-corrected chi connectivity index (χ4v) is 1.92. The van der Waals surface area contributed by atoms with Gasteiger partial charge >= 0.3 is 0 Å². The number of oxime groups is 1. The molecule has 0 heterocycles. The summed E-state index contributed by atoms with van der Waals surface area (Å²) in [7, 11) is 1.50. The minimum Gasteiger partial charge on any atom is -0.496 e. The number of halogens is 1. The van der Waals surface area contributed by atoms with Gasteiger partial charge in [0, 0.05) is 6.54 Å². The topological polar surface area (TPSA) is 79.9 Å². The van der Waals surface area contributed by atoms with Gasteiger partial charge in [-0.25, -0.2) is 4.39 Å². The van der Waals surface area contributed by atoms with Crippen molar-refractivity contribution in [3.05, 3.63) is 59.4 Å². The second-order valence-corrected chi connectivity index (χ2v) is 4.35. The predicted octanol–water partition coefficient (Wildman–Crippen LogP) is 2.54. The molecule has 0 saturated carbocycles. The van der Waals surface area contributed by atoms with Crippen LogP contribution in [0.3, 0.4) is 0 Å². The van der Waals surface area contributed by atoms with E-state index in [9.17, 15) is 4.39 Å². The Morgan fingerprint density at radius 3 is 2.76 bits per heavy atom. The molecule has 0 aromatic heterocycles. The Morgan fingerprint density at radius 2 is 2.10 bits per heavy atom. The average Bonchev–Trinajstić information content (AvgIpc) is 2.53. The normalized spacial score (nSPS) is 11.2. The van der Waals surface area contributed by atoms with Gasteiger partial charge in [-0.05, 0) is 29.8 Å². The first-order valence-corrected chi connectivity index (χ1v) is 6.29. The summed E-state index contributed by atoms with van der Waals surface area (Å²) >= 11 is 0. The van der Waals surface area contributed by atoms with Gasteiger partial charge in [0.2, 0.25) is 0 Å². The SMILES string of the molecule is COc1ccc(CNc2ccccc2F)cc1C(N)=NO. The lowest BCUT2D eigenvalue weighted by Crippen LogP contribution is -2.15. The highest BCUT2D eigenvalue weighted by Gasteiger charge is 2.09. The lowest BCUT2D eigenvalue weighted by Gasteiger charge is -2.11. The number of rotatable bonds is 5. The first-order chi connectivity index (χ1) is 10.2. The van der Waals surface area contributed by atoms with E-state index >= 15 is 0 Å². The molecule has 0 aliphatic rings. The largest absolute Gasteiger partial charge is 0.496 e. The zero-order chi connectivity index (χ0) is 15.2. The summed E-state index contributed by atoms with van der Waals surface area (Å²) in [5.41, 5.74) is 7.35. The molecule has 0 bridgehead atoms. The molecule has 0 spiro atoms. The number of nitrogens with one attached hydrogen (secondary N) is 1. The zero-order valence-corrected chi connectivity index (χ0v) is 11.5. The van der Waals surface area contributed by atoms with Gasteiger partial charge < -0.3 is 21.0 Å². The third-order valence-corrected chi connectivity index (χ3v) is 3.00. The van der Waals surface area contributed by atoms with Crippen LogP contribution < -0.4 is 15.8 Å². The minimum absolute atomic E-state index is 0.0420. The Hall–Kier alpha value is -2.76. The number of nitrogens with two attached hydrogens (primary N) is 1. The summed E-state index contributed by atoms with van der Waals surface area (Å²) in [6, 6.07) is 11.7. The maximum absolute atomic E-state index is 13.5. The summed E-state index contributed by atoms with van der Waals surface area (Å²) in [5.74, 6) is 0.141. The smallest absolute Gasteiger partial charge is 0.173 e. The predicted molar refractivity (Wildman–Crippen MR) is 79.2 cm³/mol. The lowest BCUT2D eigenvalue weighted by molar-refractivity contribution is 0.318. The van der Waals surface area contributed by atoms with Gasteiger partial charge in [0.15, 0.2) is 5.84 Å². The van der Waals surface area contributed by atoms with E-state index in [2.05, 4.69) is 10.5 Å². The summed E-state index contributed by atoms with van der Waals surface area (Å²) < 4.78 is 18.7. The third kappa shape index (κ3) is 3.42. The number of methoxy groups -OCH3 is 1. The van der Waals surface area contributed by atoms with Crippen LogP contribution in [-0.2, 0) is 6.54 Å². The lowest BCUT2D eigenvalue weighted by atomic mass is 10.1. The van der Waals surface area contributed by atoms with E-state index in [0.717, 1.165) is 5.56 Å². The Kier molecular flexibility index (Phi) is 4.61. The van der Waals surface area contributed by atoms with Crippen molar-refractivity contribution in [3.8, 4) is 5.75 Å². The molecule has 6 heteroatoms. The van der Waals surface area contributed by atoms with Crippen molar-refractivity contribution in [1.82, 2.24) is 0 Å². The van der Waals surface area contributed by atoms with Crippen molar-refractivity contribution < 1.29 is 14.3 Å². The van der Waals surface area contributed by atoms with Gasteiger partial charge in [-0.1, -0.05) is 23.4 Å². The van der Waals surface area contributed by atoms with E-state index in [1.807, 2.05) is 6.07 Å². The highest BCUT2D eigenvalue weighted by Crippen LogP contribution is 2.21. The summed E-state index contributed by atoms with van der Waals surface area (Å²) in [6.07, 6.45) is 0. The van der Waals surface area contributed by atoms with Crippen molar-refractivity contribution in [2.75, 3.05) is 12.4 Å². The number of ether oxygens (including phenoxy) is 1. The van der Waals surface area contributed by atoms with Crippen LogP contribution in [0.5, 0.6) is 5.75 Å². The van der Waals surface area contributed by atoms with Crippen molar-refractivity contribution in [2.24, 2.45) is 10.9 Å². The molecule has 5 nitrogen and oxygen atoms in total. The van der Waals surface area contributed by atoms with Gasteiger partial charge in [-0.15, -0.1) is 0 Å². The highest BCUT2D eigenvalue weighted by molar-refractivity contribution is 5.99. The van der Waals surface area contributed by atoms with Gasteiger partial charge in [0.05, 0.1) is 18.4 Å². The van der Waals surface area contributed by atoms with Crippen molar-refractivity contribution in [3.63, 3.8) is 0 Å². The van der Waals surface area contributed by atoms with Crippen LogP contribution in [0.25, 0.3) is 0 Å². The van der Waals surface area contributed by atoms with Crippen LogP contribution in [0.1, 0.15) is 11.1 Å². The standard InChI is InChI=1S/C15H16FN3O2/c1-21-14-7-6-10(8-11(14)15(17)19-20)9-18-13-5-3-2-4-12(13)16/h2-8,18,20H,9H2,1H3,(H2,17,19). The van der Waals surface area contributed by atoms with Gasteiger partial charge in [0.25, 0.3) is 0 Å². The number of anilines is 1. The monoisotopic (exact) mass is 289 g/mol. The molecule has 0 aliphatic carbocycles. The molecule has 0 aliphatic heterocycles. The molecule has 0 fully saturated rings. The average molecular weight is 289 g/mol. The van der Waals surface area contributed by atoms with E-state index in [4.69, 9.17) is 15.7 Å². The van der Waals surface area contributed by atoms with Gasteiger partial charge in [-0.3, -0.25) is 0 Å². The number of hydrogen-bond acceptors (Lipinski definition) is 4. The minimum atomic E-state index is -0.317. The number of para-hydroxylation sites is 1. The van der Waals surface area contributed by atoms with E-state index in [1.54, 1.807) is 30.3 Å². The van der Waals surface area contributed by atoms with Crippen LogP contribution in [0.2, 0.25) is 0 Å². The fraction of sp³-hybridized carbons (Fsp3) is 0.133. The van der Waals surface area contributed by atoms with Crippen LogP contribution in [-0.4, -0.2) is 18.2 Å². The van der Waals surface area contributed by atoms with Crippen LogP contribution in [0.4, 0.5) is 10.1 Å². The van der Waals surface area contributed by atoms with Gasteiger partial charge in [-0.2, -0.15) is 0 Å². The molecule has 2 aromatic rings. The van der Waals surface area contributed by atoms with E-state index in [1.165, 1.54) is 13.2 Å². The highest BCUT2D eigenvalue weighted by atomic mass is 19.1. The third-order valence-electron chi connectivity index (χ3n) is 3.00. The van der Waals surface area contributed by atoms with Gasteiger partial charge in [0.1, 0.15) is 11.6 Å². The molecule has 0 unspecified atom stereocenters. The molecule has 4 N–H and O–H groups in total. The quantitative estimate of drug-likeness (QED) is 0.342. The van der Waals surface area contributed by atoms with E-state index in [-0.39, 0.29) is 11.7 Å². The molecule has 2 aromatic carbocycles. The number of amidine groups is 1. The van der Waals surface area contributed by atoms with Crippen LogP contribution in [0, 0.1) is 5.82 Å². The first kappa shape index (κ1) is 14.6. The Labute approximate surface area is 121 Å². The maximum Gasteiger partial charge on any atom is 0.173 e. The summed E-state index contributed by atoms with van der Waals surface area (Å²) in [6.45, 7) is 0.399. The fourth-order valence-electron chi connectivity index (χ4n) is 1.92. The Balaban J connectivity index is 2.20. The zero-order valence-electron chi connectivity index (χ0n) is 11.5. The van der Waals surface area contributed by atoms with Crippen molar-refractivity contribution >= 4 is 11.5 Å². The molecular formula is C15H16FN3O2. The second kappa shape index (κ2) is 6.60. The Bertz CT molecular complexity index is 659. The number of benzene rings is 2. The molecule has 0 radical (unpaired) electrons. The number of hydrogen-bond donors (Lipinski definition) is 3. The molecule has 110 valence electrons. The molecule has 0 amide bonds. The molecule has 0 saturated heterocycles. The summed E-state index contributed by atoms with van der Waals surface area (Å²) in [5, 5.41) is 14.8. The van der Waals surface area contributed by atoms with Crippen LogP contribution in [0.15, 0.2) is 47.6 Å². The van der Waals surface area contributed by atoms with Crippen LogP contribution >= 0.6 is 0 Å². The van der Waals surface area contributed by atoms with Crippen molar-refractivity contribution in [1.29, 1.82) is 0 Å². The first-order valence-electron chi connectivity index (χ1n) is 6.29. The number of nitrogens with zero attached hydrogens (tertiary/aromatic N) is 1. The molecule has 0 atom stereocenters. The molecule has 21 heavy (non-hydrogen) atoms. The molecular weight excluding hydrogens is 273 g/mol. The van der Waals surface area contributed by atoms with Crippen molar-refractivity contribution in [2.45, 2.75) is 6.54 Å². The second-order valence-electron chi connectivity index (χ2n) is 4.35. The summed E-state index contributed by atoms with van der Waals surface area (Å²) in [4.78, 5) is 0. The Morgan fingerprint density at radius 1 is 1.33 bits per heavy atom.